The van der Waals surface area contributed by atoms with Crippen LogP contribution in [-0.2, 0) is 4.79 Å². The largest absolute Gasteiger partial charge is 0.489 e. The summed E-state index contributed by atoms with van der Waals surface area (Å²) in [5, 5.41) is 25.3. The molecule has 0 radical (unpaired) electrons. The molecule has 0 saturated heterocycles. The van der Waals surface area contributed by atoms with Crippen molar-refractivity contribution in [3.8, 4) is 11.8 Å². The van der Waals surface area contributed by atoms with Crippen molar-refractivity contribution >= 4 is 11.6 Å². The van der Waals surface area contributed by atoms with Gasteiger partial charge in [-0.05, 0) is 44.9 Å². The van der Waals surface area contributed by atoms with Gasteiger partial charge in [0.05, 0.1) is 5.56 Å². The highest BCUT2D eigenvalue weighted by atomic mass is 16.5. The summed E-state index contributed by atoms with van der Waals surface area (Å²) in [5.41, 5.74) is 0.842. The molecule has 0 heterocycles. The second-order valence-electron chi connectivity index (χ2n) is 6.70. The van der Waals surface area contributed by atoms with E-state index in [9.17, 15) is 15.2 Å². The van der Waals surface area contributed by atoms with Gasteiger partial charge in [0.25, 0.3) is 0 Å². The SMILES string of the molecule is CCCC(=O)Nc1ccc(OCC(O)CNC(C)(C)CC)c(C#N)c1. The highest BCUT2D eigenvalue weighted by Gasteiger charge is 2.16. The molecule has 3 N–H and O–H groups in total. The first kappa shape index (κ1) is 20.9. The molecule has 6 heteroatoms. The predicted octanol–water partition coefficient (Wildman–Crippen LogP) is 2.81. The molecular weight excluding hydrogens is 318 g/mol. The van der Waals surface area contributed by atoms with Crippen molar-refractivity contribution in [2.24, 2.45) is 0 Å². The molecule has 1 amide bonds. The number of nitrogens with one attached hydrogen (secondary N) is 2. The van der Waals surface area contributed by atoms with Crippen LogP contribution in [0.25, 0.3) is 0 Å². The van der Waals surface area contributed by atoms with E-state index in [4.69, 9.17) is 4.74 Å². The quantitative estimate of drug-likeness (QED) is 0.605. The number of rotatable bonds is 10. The molecule has 0 saturated carbocycles. The average molecular weight is 347 g/mol. The van der Waals surface area contributed by atoms with E-state index in [0.717, 1.165) is 12.8 Å². The van der Waals surface area contributed by atoms with E-state index in [1.807, 2.05) is 6.92 Å². The van der Waals surface area contributed by atoms with Gasteiger partial charge in [-0.1, -0.05) is 13.8 Å². The standard InChI is InChI=1S/C19H29N3O3/c1-5-7-18(24)22-15-8-9-17(14(10-15)11-20)25-13-16(23)12-21-19(3,4)6-2/h8-10,16,21,23H,5-7,12-13H2,1-4H3,(H,22,24). The summed E-state index contributed by atoms with van der Waals surface area (Å²) < 4.78 is 5.57. The number of aliphatic hydroxyl groups is 1. The molecule has 1 unspecified atom stereocenters. The van der Waals surface area contributed by atoms with Crippen molar-refractivity contribution < 1.29 is 14.6 Å². The van der Waals surface area contributed by atoms with Gasteiger partial charge in [-0.15, -0.1) is 0 Å². The van der Waals surface area contributed by atoms with E-state index < -0.39 is 6.10 Å². The third kappa shape index (κ3) is 7.55. The van der Waals surface area contributed by atoms with Crippen LogP contribution < -0.4 is 15.4 Å². The lowest BCUT2D eigenvalue weighted by Crippen LogP contribution is -2.44. The van der Waals surface area contributed by atoms with Crippen molar-refractivity contribution in [2.45, 2.75) is 58.6 Å². The van der Waals surface area contributed by atoms with Gasteiger partial charge < -0.3 is 20.5 Å². The highest BCUT2D eigenvalue weighted by molar-refractivity contribution is 5.90. The summed E-state index contributed by atoms with van der Waals surface area (Å²) in [6.07, 6.45) is 1.47. The first-order chi connectivity index (χ1) is 11.8. The number of hydrogen-bond donors (Lipinski definition) is 3. The van der Waals surface area contributed by atoms with Crippen LogP contribution in [0, 0.1) is 11.3 Å². The molecule has 1 atom stereocenters. The number of nitriles is 1. The fourth-order valence-electron chi connectivity index (χ4n) is 2.04. The second kappa shape index (κ2) is 10.0. The molecule has 1 aromatic carbocycles. The van der Waals surface area contributed by atoms with Crippen molar-refractivity contribution in [3.05, 3.63) is 23.8 Å². The third-order valence-corrected chi connectivity index (χ3v) is 3.99. The van der Waals surface area contributed by atoms with E-state index in [2.05, 4.69) is 37.5 Å². The number of nitrogens with zero attached hydrogens (tertiary/aromatic N) is 1. The number of anilines is 1. The zero-order valence-electron chi connectivity index (χ0n) is 15.6. The summed E-state index contributed by atoms with van der Waals surface area (Å²) in [6, 6.07) is 6.96. The number of ether oxygens (including phenoxy) is 1. The number of aliphatic hydroxyl groups excluding tert-OH is 1. The van der Waals surface area contributed by atoms with E-state index in [0.29, 0.717) is 30.0 Å². The topological polar surface area (TPSA) is 94.4 Å². The highest BCUT2D eigenvalue weighted by Crippen LogP contribution is 2.22. The van der Waals surface area contributed by atoms with E-state index in [1.54, 1.807) is 18.2 Å². The van der Waals surface area contributed by atoms with Gasteiger partial charge in [0.1, 0.15) is 24.5 Å². The van der Waals surface area contributed by atoms with E-state index in [1.165, 1.54) is 0 Å². The van der Waals surface area contributed by atoms with Crippen LogP contribution in [0.15, 0.2) is 18.2 Å². The molecular formula is C19H29N3O3. The molecule has 0 fully saturated rings. The van der Waals surface area contributed by atoms with Gasteiger partial charge in [-0.3, -0.25) is 4.79 Å². The van der Waals surface area contributed by atoms with Crippen molar-refractivity contribution in [2.75, 3.05) is 18.5 Å². The fourth-order valence-corrected chi connectivity index (χ4v) is 2.04. The molecule has 138 valence electrons. The first-order valence-corrected chi connectivity index (χ1v) is 8.71. The van der Waals surface area contributed by atoms with E-state index in [-0.39, 0.29) is 18.1 Å². The monoisotopic (exact) mass is 347 g/mol. The Morgan fingerprint density at radius 1 is 1.40 bits per heavy atom. The Morgan fingerprint density at radius 2 is 2.12 bits per heavy atom. The van der Waals surface area contributed by atoms with Crippen molar-refractivity contribution in [1.82, 2.24) is 5.32 Å². The Balaban J connectivity index is 2.61. The van der Waals surface area contributed by atoms with Gasteiger partial charge in [-0.25, -0.2) is 0 Å². The number of β-amino-alcohol motifs (C(OH)–C–C–N with tert-alkyl or cyclic N) is 1. The Morgan fingerprint density at radius 3 is 2.72 bits per heavy atom. The Labute approximate surface area is 150 Å². The number of carbonyl (C=O) groups is 1. The maximum atomic E-state index is 11.6. The average Bonchev–Trinajstić information content (AvgIpc) is 2.59. The molecule has 0 aliphatic carbocycles. The molecule has 0 aliphatic rings. The predicted molar refractivity (Wildman–Crippen MR) is 98.6 cm³/mol. The van der Waals surface area contributed by atoms with E-state index >= 15 is 0 Å². The fraction of sp³-hybridized carbons (Fsp3) is 0.579. The minimum absolute atomic E-state index is 0.0445. The van der Waals surface area contributed by atoms with Gasteiger partial charge in [0, 0.05) is 24.2 Å². The zero-order valence-corrected chi connectivity index (χ0v) is 15.6. The van der Waals surface area contributed by atoms with Gasteiger partial charge in [-0.2, -0.15) is 5.26 Å². The van der Waals surface area contributed by atoms with Gasteiger partial charge in [0.2, 0.25) is 5.91 Å². The number of hydrogen-bond acceptors (Lipinski definition) is 5. The van der Waals surface area contributed by atoms with Crippen LogP contribution >= 0.6 is 0 Å². The third-order valence-electron chi connectivity index (χ3n) is 3.99. The summed E-state index contributed by atoms with van der Waals surface area (Å²) in [7, 11) is 0. The summed E-state index contributed by atoms with van der Waals surface area (Å²) in [4.78, 5) is 11.6. The van der Waals surface area contributed by atoms with Gasteiger partial charge in [0.15, 0.2) is 0 Å². The minimum atomic E-state index is -0.679. The Bertz CT molecular complexity index is 608. The molecule has 0 spiro atoms. The maximum Gasteiger partial charge on any atom is 0.224 e. The molecule has 0 aromatic heterocycles. The second-order valence-corrected chi connectivity index (χ2v) is 6.70. The Hall–Kier alpha value is -2.10. The molecule has 0 bridgehead atoms. The maximum absolute atomic E-state index is 11.6. The minimum Gasteiger partial charge on any atom is -0.489 e. The number of benzene rings is 1. The van der Waals surface area contributed by atoms with Crippen LogP contribution in [0.3, 0.4) is 0 Å². The lowest BCUT2D eigenvalue weighted by molar-refractivity contribution is -0.116. The Kier molecular flexibility index (Phi) is 8.39. The molecule has 0 aliphatic heterocycles. The lowest BCUT2D eigenvalue weighted by atomic mass is 10.0. The summed E-state index contributed by atoms with van der Waals surface area (Å²) in [6.45, 7) is 8.64. The smallest absolute Gasteiger partial charge is 0.224 e. The molecule has 25 heavy (non-hydrogen) atoms. The number of amides is 1. The normalized spacial score (nSPS) is 12.3. The summed E-state index contributed by atoms with van der Waals surface area (Å²) >= 11 is 0. The van der Waals surface area contributed by atoms with Gasteiger partial charge >= 0.3 is 0 Å². The van der Waals surface area contributed by atoms with Crippen molar-refractivity contribution in [1.29, 1.82) is 5.26 Å². The van der Waals surface area contributed by atoms with Crippen LogP contribution in [-0.4, -0.2) is 35.8 Å². The number of carbonyl (C=O) groups excluding carboxylic acids is 1. The van der Waals surface area contributed by atoms with Crippen LogP contribution in [0.2, 0.25) is 0 Å². The lowest BCUT2D eigenvalue weighted by Gasteiger charge is -2.26. The zero-order chi connectivity index (χ0) is 18.9. The van der Waals surface area contributed by atoms with Crippen molar-refractivity contribution in [3.63, 3.8) is 0 Å². The summed E-state index contributed by atoms with van der Waals surface area (Å²) in [5.74, 6) is 0.310. The van der Waals surface area contributed by atoms with Crippen LogP contribution in [0.4, 0.5) is 5.69 Å². The van der Waals surface area contributed by atoms with Crippen LogP contribution in [0.5, 0.6) is 5.75 Å². The molecule has 6 nitrogen and oxygen atoms in total. The first-order valence-electron chi connectivity index (χ1n) is 8.71. The molecule has 1 aromatic rings. The molecule has 1 rings (SSSR count). The van der Waals surface area contributed by atoms with Crippen LogP contribution in [0.1, 0.15) is 52.5 Å².